The van der Waals surface area contributed by atoms with Crippen LogP contribution in [-0.2, 0) is 0 Å². The Morgan fingerprint density at radius 1 is 1.14 bits per heavy atom. The van der Waals surface area contributed by atoms with Gasteiger partial charge in [-0.15, -0.1) is 0 Å². The van der Waals surface area contributed by atoms with Gasteiger partial charge in [0.05, 0.1) is 16.2 Å². The molecule has 0 atom stereocenters. The summed E-state index contributed by atoms with van der Waals surface area (Å²) in [5.74, 6) is -1.20. The second-order valence-corrected chi connectivity index (χ2v) is 6.08. The highest BCUT2D eigenvalue weighted by molar-refractivity contribution is 14.1. The Balaban J connectivity index is 2.08. The zero-order chi connectivity index (χ0) is 15.0. The summed E-state index contributed by atoms with van der Waals surface area (Å²) in [6, 6.07) is 10.0. The van der Waals surface area contributed by atoms with Gasteiger partial charge in [0.15, 0.2) is 11.6 Å². The van der Waals surface area contributed by atoms with Crippen molar-refractivity contribution in [3.8, 4) is 5.75 Å². The molecule has 0 aliphatic heterocycles. The maximum atomic E-state index is 13.2. The number of aromatic nitrogens is 1. The molecule has 6 heteroatoms. The Morgan fingerprint density at radius 2 is 1.95 bits per heavy atom. The molecule has 0 fully saturated rings. The van der Waals surface area contributed by atoms with Crippen LogP contribution in [0.3, 0.4) is 0 Å². The third-order valence-corrected chi connectivity index (χ3v) is 3.99. The first-order chi connectivity index (χ1) is 10.0. The fraction of sp³-hybridized carbons (Fsp3) is 0. The van der Waals surface area contributed by atoms with Gasteiger partial charge in [0.25, 0.3) is 0 Å². The summed E-state index contributed by atoms with van der Waals surface area (Å²) < 4.78 is 14.3. The van der Waals surface area contributed by atoms with E-state index in [0.29, 0.717) is 5.69 Å². The van der Waals surface area contributed by atoms with Gasteiger partial charge in [-0.1, -0.05) is 11.6 Å². The Hall–Kier alpha value is -1.60. The topological polar surface area (TPSA) is 45.1 Å². The smallest absolute Gasteiger partial charge is 0.166 e. The summed E-state index contributed by atoms with van der Waals surface area (Å²) in [6.07, 6.45) is 1.68. The van der Waals surface area contributed by atoms with E-state index in [1.54, 1.807) is 12.3 Å². The molecule has 3 rings (SSSR count). The van der Waals surface area contributed by atoms with Crippen LogP contribution in [0.5, 0.6) is 5.75 Å². The summed E-state index contributed by atoms with van der Waals surface area (Å²) in [6.45, 7) is 0. The highest BCUT2D eigenvalue weighted by atomic mass is 127. The number of anilines is 2. The number of nitrogens with zero attached hydrogens (tertiary/aromatic N) is 1. The first-order valence-corrected chi connectivity index (χ1v) is 7.49. The van der Waals surface area contributed by atoms with E-state index < -0.39 is 11.6 Å². The van der Waals surface area contributed by atoms with Gasteiger partial charge in [0, 0.05) is 26.9 Å². The van der Waals surface area contributed by atoms with Crippen LogP contribution < -0.4 is 5.32 Å². The molecule has 1 heterocycles. The van der Waals surface area contributed by atoms with Crippen LogP contribution >= 0.6 is 34.2 Å². The van der Waals surface area contributed by atoms with Gasteiger partial charge >= 0.3 is 0 Å². The molecule has 0 spiro atoms. The highest BCUT2D eigenvalue weighted by Crippen LogP contribution is 2.33. The van der Waals surface area contributed by atoms with E-state index in [1.165, 1.54) is 6.07 Å². The quantitative estimate of drug-likeness (QED) is 0.575. The molecular weight excluding hydrogens is 406 g/mol. The molecular formula is C15H9ClFIN2O. The molecule has 2 aromatic carbocycles. The number of phenols is 1. The summed E-state index contributed by atoms with van der Waals surface area (Å²) in [5, 5.41) is 13.7. The summed E-state index contributed by atoms with van der Waals surface area (Å²) in [4.78, 5) is 4.31. The van der Waals surface area contributed by atoms with Crippen molar-refractivity contribution in [1.29, 1.82) is 0 Å². The molecule has 3 aromatic rings. The molecule has 0 saturated heterocycles. The summed E-state index contributed by atoms with van der Waals surface area (Å²) in [5.41, 5.74) is 2.06. The molecule has 0 aliphatic carbocycles. The maximum Gasteiger partial charge on any atom is 0.166 e. The lowest BCUT2D eigenvalue weighted by Gasteiger charge is -2.11. The largest absolute Gasteiger partial charge is 0.505 e. The van der Waals surface area contributed by atoms with Gasteiger partial charge in [-0.3, -0.25) is 4.98 Å². The zero-order valence-electron chi connectivity index (χ0n) is 10.6. The van der Waals surface area contributed by atoms with Crippen LogP contribution in [0, 0.1) is 9.39 Å². The van der Waals surface area contributed by atoms with Gasteiger partial charge in [-0.05, 0) is 52.9 Å². The first kappa shape index (κ1) is 14.3. The number of halogens is 3. The number of hydrogen-bond donors (Lipinski definition) is 2. The van der Waals surface area contributed by atoms with Crippen LogP contribution in [0.25, 0.3) is 10.9 Å². The number of phenolic OH excluding ortho intramolecular Hbond substituents is 1. The maximum absolute atomic E-state index is 13.2. The predicted octanol–water partition coefficient (Wildman–Crippen LogP) is 5.08. The van der Waals surface area contributed by atoms with Crippen LogP contribution in [0.2, 0.25) is 5.02 Å². The lowest BCUT2D eigenvalue weighted by Crippen LogP contribution is -1.94. The van der Waals surface area contributed by atoms with Gasteiger partial charge < -0.3 is 10.4 Å². The van der Waals surface area contributed by atoms with Crippen LogP contribution in [0.1, 0.15) is 0 Å². The number of rotatable bonds is 2. The molecule has 3 nitrogen and oxygen atoms in total. The molecule has 0 amide bonds. The second-order valence-electron chi connectivity index (χ2n) is 4.43. The van der Waals surface area contributed by atoms with Gasteiger partial charge in [0.1, 0.15) is 0 Å². The molecule has 0 radical (unpaired) electrons. The number of aromatic hydroxyl groups is 1. The van der Waals surface area contributed by atoms with E-state index in [0.717, 1.165) is 26.2 Å². The number of pyridine rings is 1. The molecule has 1 aromatic heterocycles. The number of nitrogens with one attached hydrogen (secondary N) is 1. The van der Waals surface area contributed by atoms with E-state index in [2.05, 4.69) is 32.9 Å². The van der Waals surface area contributed by atoms with Gasteiger partial charge in [-0.25, -0.2) is 4.39 Å². The van der Waals surface area contributed by atoms with E-state index >= 15 is 0 Å². The van der Waals surface area contributed by atoms with Crippen LogP contribution in [0.15, 0.2) is 42.6 Å². The molecule has 0 bridgehead atoms. The van der Waals surface area contributed by atoms with Crippen molar-refractivity contribution in [2.24, 2.45) is 0 Å². The molecule has 2 N–H and O–H groups in total. The lowest BCUT2D eigenvalue weighted by molar-refractivity contribution is 0.433. The third-order valence-electron chi connectivity index (χ3n) is 3.01. The molecule has 106 valence electrons. The van der Waals surface area contributed by atoms with Crippen molar-refractivity contribution < 1.29 is 9.50 Å². The normalized spacial score (nSPS) is 10.8. The standard InChI is InChI=1S/C15H9ClFIN2O/c16-10-6-11(17)15(21)7-14(10)20-12-3-4-19-13-5-8(18)1-2-9(12)13/h1-7,21H,(H,19,20). The van der Waals surface area contributed by atoms with E-state index in [1.807, 2.05) is 18.2 Å². The SMILES string of the molecule is Oc1cc(Nc2ccnc3cc(I)ccc23)c(Cl)cc1F. The molecule has 0 aliphatic rings. The van der Waals surface area contributed by atoms with Crippen molar-refractivity contribution in [3.05, 3.63) is 57.0 Å². The van der Waals surface area contributed by atoms with Crippen molar-refractivity contribution >= 4 is 56.5 Å². The predicted molar refractivity (Wildman–Crippen MR) is 90.8 cm³/mol. The van der Waals surface area contributed by atoms with Crippen molar-refractivity contribution in [2.45, 2.75) is 0 Å². The van der Waals surface area contributed by atoms with E-state index in [-0.39, 0.29) is 5.02 Å². The Bertz CT molecular complexity index is 841. The second kappa shape index (κ2) is 5.65. The zero-order valence-corrected chi connectivity index (χ0v) is 13.5. The average Bonchev–Trinajstić information content (AvgIpc) is 2.44. The molecule has 0 saturated carbocycles. The van der Waals surface area contributed by atoms with Crippen molar-refractivity contribution in [1.82, 2.24) is 4.98 Å². The fourth-order valence-corrected chi connectivity index (χ4v) is 2.68. The first-order valence-electron chi connectivity index (χ1n) is 6.04. The summed E-state index contributed by atoms with van der Waals surface area (Å²) >= 11 is 8.22. The van der Waals surface area contributed by atoms with Crippen LogP contribution in [0.4, 0.5) is 15.8 Å². The number of fused-ring (bicyclic) bond motifs is 1. The van der Waals surface area contributed by atoms with Crippen molar-refractivity contribution in [2.75, 3.05) is 5.32 Å². The minimum absolute atomic E-state index is 0.195. The van der Waals surface area contributed by atoms with Crippen LogP contribution in [-0.4, -0.2) is 10.1 Å². The third kappa shape index (κ3) is 2.89. The minimum Gasteiger partial charge on any atom is -0.505 e. The van der Waals surface area contributed by atoms with E-state index in [4.69, 9.17) is 11.6 Å². The highest BCUT2D eigenvalue weighted by Gasteiger charge is 2.09. The number of hydrogen-bond acceptors (Lipinski definition) is 3. The van der Waals surface area contributed by atoms with Gasteiger partial charge in [-0.2, -0.15) is 0 Å². The minimum atomic E-state index is -0.750. The molecule has 21 heavy (non-hydrogen) atoms. The number of benzene rings is 2. The summed E-state index contributed by atoms with van der Waals surface area (Å²) in [7, 11) is 0. The Kier molecular flexibility index (Phi) is 3.86. The Morgan fingerprint density at radius 3 is 2.76 bits per heavy atom. The molecule has 0 unspecified atom stereocenters. The Labute approximate surface area is 138 Å². The fourth-order valence-electron chi connectivity index (χ4n) is 2.01. The van der Waals surface area contributed by atoms with Crippen molar-refractivity contribution in [3.63, 3.8) is 0 Å². The van der Waals surface area contributed by atoms with Gasteiger partial charge in [0.2, 0.25) is 0 Å². The van der Waals surface area contributed by atoms with E-state index in [9.17, 15) is 9.50 Å². The lowest BCUT2D eigenvalue weighted by atomic mass is 10.2. The monoisotopic (exact) mass is 414 g/mol. The average molecular weight is 415 g/mol.